The summed E-state index contributed by atoms with van der Waals surface area (Å²) in [5.41, 5.74) is 7.64. The number of thiophene rings is 1. The van der Waals surface area contributed by atoms with Gasteiger partial charge in [0, 0.05) is 28.9 Å². The molecule has 2 N–H and O–H groups in total. The summed E-state index contributed by atoms with van der Waals surface area (Å²) in [5.74, 6) is 6.03. The van der Waals surface area contributed by atoms with Crippen LogP contribution < -0.4 is 5.73 Å². The molecule has 0 aliphatic carbocycles. The van der Waals surface area contributed by atoms with Crippen molar-refractivity contribution in [3.8, 4) is 11.8 Å². The van der Waals surface area contributed by atoms with E-state index in [2.05, 4.69) is 45.6 Å². The van der Waals surface area contributed by atoms with E-state index in [0.717, 1.165) is 29.4 Å². The Labute approximate surface area is 122 Å². The lowest BCUT2D eigenvalue weighted by molar-refractivity contribution is 0.318. The van der Waals surface area contributed by atoms with E-state index >= 15 is 0 Å². The van der Waals surface area contributed by atoms with Gasteiger partial charge >= 0.3 is 0 Å². The Morgan fingerprint density at radius 1 is 1.37 bits per heavy atom. The first-order valence-electron chi connectivity index (χ1n) is 6.04. The Hall–Kier alpha value is -1.19. The minimum atomic E-state index is 0.406. The largest absolute Gasteiger partial charge is 0.320 e. The van der Waals surface area contributed by atoms with Crippen molar-refractivity contribution in [2.24, 2.45) is 5.73 Å². The van der Waals surface area contributed by atoms with Crippen molar-refractivity contribution in [1.29, 1.82) is 0 Å². The van der Waals surface area contributed by atoms with Crippen LogP contribution in [0.4, 0.5) is 0 Å². The Kier molecular flexibility index (Phi) is 5.11. The molecule has 2 aromatic rings. The Morgan fingerprint density at radius 2 is 2.21 bits per heavy atom. The summed E-state index contributed by atoms with van der Waals surface area (Å²) in [4.78, 5) is 8.03. The molecule has 19 heavy (non-hydrogen) atoms. The summed E-state index contributed by atoms with van der Waals surface area (Å²) in [5, 5.41) is 5.32. The van der Waals surface area contributed by atoms with E-state index in [1.807, 2.05) is 6.92 Å². The van der Waals surface area contributed by atoms with Gasteiger partial charge in [0.1, 0.15) is 0 Å². The van der Waals surface area contributed by atoms with Crippen molar-refractivity contribution >= 4 is 22.7 Å². The van der Waals surface area contributed by atoms with Crippen molar-refractivity contribution in [1.82, 2.24) is 9.88 Å². The number of aromatic nitrogens is 1. The van der Waals surface area contributed by atoms with E-state index in [9.17, 15) is 0 Å². The van der Waals surface area contributed by atoms with E-state index in [-0.39, 0.29) is 0 Å². The summed E-state index contributed by atoms with van der Waals surface area (Å²) in [6, 6.07) is 2.06. The smallest absolute Gasteiger partial charge is 0.0897 e. The molecule has 0 amide bonds. The highest BCUT2D eigenvalue weighted by Crippen LogP contribution is 2.19. The fourth-order valence-electron chi connectivity index (χ4n) is 1.78. The van der Waals surface area contributed by atoms with Gasteiger partial charge in [0.15, 0.2) is 0 Å². The molecule has 5 heteroatoms. The summed E-state index contributed by atoms with van der Waals surface area (Å²) in [6.45, 7) is 4.20. The van der Waals surface area contributed by atoms with E-state index < -0.39 is 0 Å². The maximum Gasteiger partial charge on any atom is 0.0897 e. The quantitative estimate of drug-likeness (QED) is 0.880. The third-order valence-corrected chi connectivity index (χ3v) is 4.31. The summed E-state index contributed by atoms with van der Waals surface area (Å²) < 4.78 is 0. The summed E-state index contributed by atoms with van der Waals surface area (Å²) in [6.07, 6.45) is 0. The fourth-order valence-corrected chi connectivity index (χ4v) is 3.29. The highest BCUT2D eigenvalue weighted by Gasteiger charge is 2.08. The Balaban J connectivity index is 1.99. The normalized spacial score (nSPS) is 10.5. The molecule has 0 spiro atoms. The average molecular weight is 291 g/mol. The molecule has 0 aliphatic rings. The van der Waals surface area contributed by atoms with Gasteiger partial charge in [-0.05, 0) is 25.4 Å². The van der Waals surface area contributed by atoms with E-state index in [1.165, 1.54) is 4.88 Å². The number of hydrogen-bond acceptors (Lipinski definition) is 5. The monoisotopic (exact) mass is 291 g/mol. The molecule has 2 heterocycles. The highest BCUT2D eigenvalue weighted by molar-refractivity contribution is 7.10. The van der Waals surface area contributed by atoms with Crippen molar-refractivity contribution in [2.45, 2.75) is 20.0 Å². The molecule has 0 fully saturated rings. The van der Waals surface area contributed by atoms with Gasteiger partial charge in [0.05, 0.1) is 17.2 Å². The molecule has 0 bridgehead atoms. The lowest BCUT2D eigenvalue weighted by atomic mass is 10.2. The minimum absolute atomic E-state index is 0.406. The molecule has 0 aromatic carbocycles. The zero-order chi connectivity index (χ0) is 13.7. The minimum Gasteiger partial charge on any atom is -0.320 e. The molecule has 0 radical (unpaired) electrons. The molecule has 2 rings (SSSR count). The third kappa shape index (κ3) is 4.15. The van der Waals surface area contributed by atoms with Crippen molar-refractivity contribution in [3.63, 3.8) is 0 Å². The maximum absolute atomic E-state index is 5.41. The van der Waals surface area contributed by atoms with Crippen LogP contribution in [0.1, 0.15) is 21.1 Å². The van der Waals surface area contributed by atoms with Crippen LogP contribution in [0.3, 0.4) is 0 Å². The molecular formula is C14H17N3S2. The van der Waals surface area contributed by atoms with Crippen LogP contribution in [0.5, 0.6) is 0 Å². The number of nitrogens with zero attached hydrogens (tertiary/aromatic N) is 2. The Bertz CT molecular complexity index is 589. The predicted molar refractivity (Wildman–Crippen MR) is 82.3 cm³/mol. The molecule has 2 aromatic heterocycles. The van der Waals surface area contributed by atoms with Crippen LogP contribution in [0.25, 0.3) is 0 Å². The second kappa shape index (κ2) is 6.83. The lowest BCUT2D eigenvalue weighted by Gasteiger charge is -2.14. The SMILES string of the molecule is Cc1nc(CN(C)Cc2sccc2C#CCN)cs1. The van der Waals surface area contributed by atoms with Crippen molar-refractivity contribution in [3.05, 3.63) is 38.0 Å². The second-order valence-corrected chi connectivity index (χ2v) is 6.36. The molecular weight excluding hydrogens is 274 g/mol. The van der Waals surface area contributed by atoms with Gasteiger partial charge in [-0.3, -0.25) is 4.90 Å². The first kappa shape index (κ1) is 14.2. The highest BCUT2D eigenvalue weighted by atomic mass is 32.1. The van der Waals surface area contributed by atoms with Crippen LogP contribution in [-0.2, 0) is 13.1 Å². The molecule has 0 saturated heterocycles. The van der Waals surface area contributed by atoms with Gasteiger partial charge in [-0.1, -0.05) is 11.8 Å². The van der Waals surface area contributed by atoms with Gasteiger partial charge in [-0.25, -0.2) is 4.98 Å². The molecule has 0 saturated carbocycles. The molecule has 3 nitrogen and oxygen atoms in total. The predicted octanol–water partition coefficient (Wildman–Crippen LogP) is 2.46. The number of aryl methyl sites for hydroxylation is 1. The van der Waals surface area contributed by atoms with Crippen LogP contribution in [0.15, 0.2) is 16.8 Å². The number of rotatable bonds is 4. The van der Waals surface area contributed by atoms with E-state index in [4.69, 9.17) is 5.73 Å². The van der Waals surface area contributed by atoms with Crippen molar-refractivity contribution in [2.75, 3.05) is 13.6 Å². The van der Waals surface area contributed by atoms with Crippen LogP contribution >= 0.6 is 22.7 Å². The molecule has 0 unspecified atom stereocenters. The van der Waals surface area contributed by atoms with Gasteiger partial charge in [-0.15, -0.1) is 22.7 Å². The number of thiazole rings is 1. The average Bonchev–Trinajstić information content (AvgIpc) is 2.96. The molecule has 100 valence electrons. The van der Waals surface area contributed by atoms with Gasteiger partial charge < -0.3 is 5.73 Å². The van der Waals surface area contributed by atoms with Crippen molar-refractivity contribution < 1.29 is 0 Å². The standard InChI is InChI=1S/C14H17N3S2/c1-11-16-13(10-19-11)8-17(2)9-14-12(4-3-6-15)5-7-18-14/h5,7,10H,6,8-9,15H2,1-2H3. The molecule has 0 aliphatic heterocycles. The van der Waals surface area contributed by atoms with E-state index in [0.29, 0.717) is 6.54 Å². The zero-order valence-electron chi connectivity index (χ0n) is 11.1. The lowest BCUT2D eigenvalue weighted by Crippen LogP contribution is -2.17. The zero-order valence-corrected chi connectivity index (χ0v) is 12.8. The van der Waals surface area contributed by atoms with Gasteiger partial charge in [0.25, 0.3) is 0 Å². The van der Waals surface area contributed by atoms with Gasteiger partial charge in [-0.2, -0.15) is 0 Å². The van der Waals surface area contributed by atoms with Gasteiger partial charge in [0.2, 0.25) is 0 Å². The van der Waals surface area contributed by atoms with Crippen LogP contribution in [0.2, 0.25) is 0 Å². The van der Waals surface area contributed by atoms with E-state index in [1.54, 1.807) is 22.7 Å². The second-order valence-electron chi connectivity index (χ2n) is 4.29. The van der Waals surface area contributed by atoms with Crippen LogP contribution in [-0.4, -0.2) is 23.5 Å². The third-order valence-electron chi connectivity index (χ3n) is 2.58. The first-order chi connectivity index (χ1) is 9.19. The summed E-state index contributed by atoms with van der Waals surface area (Å²) in [7, 11) is 2.11. The number of nitrogens with two attached hydrogens (primary N) is 1. The Morgan fingerprint density at radius 3 is 2.89 bits per heavy atom. The number of hydrogen-bond donors (Lipinski definition) is 1. The van der Waals surface area contributed by atoms with Crippen LogP contribution in [0, 0.1) is 18.8 Å². The maximum atomic E-state index is 5.41. The topological polar surface area (TPSA) is 42.2 Å². The first-order valence-corrected chi connectivity index (χ1v) is 7.80. The fraction of sp³-hybridized carbons (Fsp3) is 0.357. The summed E-state index contributed by atoms with van der Waals surface area (Å²) >= 11 is 3.44. The molecule has 0 atom stereocenters.